The van der Waals surface area contributed by atoms with Crippen LogP contribution >= 0.6 is 0 Å². The predicted octanol–water partition coefficient (Wildman–Crippen LogP) is 3.78. The first kappa shape index (κ1) is 13.5. The molecule has 4 rings (SSSR count). The largest absolute Gasteiger partial charge is 0.460 e. The molecule has 0 amide bonds. The third-order valence-corrected chi connectivity index (χ3v) is 4.35. The van der Waals surface area contributed by atoms with E-state index in [4.69, 9.17) is 11.9 Å². The number of aryl methyl sites for hydroxylation is 2. The number of hydrogen-bond acceptors (Lipinski definition) is 4. The Hall–Kier alpha value is -2.82. The smallest absolute Gasteiger partial charge is 0.374 e. The van der Waals surface area contributed by atoms with Crippen molar-refractivity contribution in [3.8, 4) is 11.3 Å². The number of furan rings is 1. The molecule has 0 bridgehead atoms. The van der Waals surface area contributed by atoms with Crippen LogP contribution in [-0.2, 0) is 24.1 Å². The summed E-state index contributed by atoms with van der Waals surface area (Å²) in [5, 5.41) is 4.55. The molecule has 0 spiro atoms. The summed E-state index contributed by atoms with van der Waals surface area (Å²) in [4.78, 5) is 12.1. The van der Waals surface area contributed by atoms with E-state index in [2.05, 4.69) is 5.10 Å². The van der Waals surface area contributed by atoms with Crippen LogP contribution < -0.4 is 0 Å². The summed E-state index contributed by atoms with van der Waals surface area (Å²) in [7, 11) is 0. The molecular weight excluding hydrogens is 316 g/mol. The summed E-state index contributed by atoms with van der Waals surface area (Å²) in [5.74, 6) is 0.425. The molecule has 5 nitrogen and oxygen atoms in total. The molecule has 2 aromatic heterocycles. The summed E-state index contributed by atoms with van der Waals surface area (Å²) in [5.41, 5.74) is 3.62. The van der Waals surface area contributed by atoms with Gasteiger partial charge in [-0.15, -0.1) is 0 Å². The zero-order chi connectivity index (χ0) is 19.2. The van der Waals surface area contributed by atoms with E-state index in [1.165, 1.54) is 4.68 Å². The summed E-state index contributed by atoms with van der Waals surface area (Å²) < 4.78 is 29.3. The molecule has 5 heteroatoms. The zero-order valence-electron chi connectivity index (χ0n) is 16.2. The van der Waals surface area contributed by atoms with E-state index in [1.54, 1.807) is 37.4 Å². The number of carbonyl (C=O) groups excluding carboxylic acids is 1. The molecule has 0 radical (unpaired) electrons. The molecule has 1 aliphatic carbocycles. The van der Waals surface area contributed by atoms with Crippen LogP contribution in [0.15, 0.2) is 40.9 Å². The number of ether oxygens (including phenoxy) is 1. The quantitative estimate of drug-likeness (QED) is 0.680. The average Bonchev–Trinajstić information content (AvgIpc) is 3.24. The molecule has 0 aliphatic heterocycles. The van der Waals surface area contributed by atoms with Crippen LogP contribution in [-0.4, -0.2) is 22.4 Å². The number of benzene rings is 1. The highest BCUT2D eigenvalue weighted by molar-refractivity contribution is 5.91. The van der Waals surface area contributed by atoms with Crippen molar-refractivity contribution in [3.63, 3.8) is 0 Å². The Morgan fingerprint density at radius 3 is 2.92 bits per heavy atom. The molecule has 0 atom stereocenters. The van der Waals surface area contributed by atoms with Crippen molar-refractivity contribution < 1.29 is 16.7 Å². The monoisotopic (exact) mass is 338 g/mol. The van der Waals surface area contributed by atoms with Gasteiger partial charge in [-0.2, -0.15) is 5.10 Å². The Balaban J connectivity index is 1.79. The maximum Gasteiger partial charge on any atom is 0.374 e. The van der Waals surface area contributed by atoms with Gasteiger partial charge in [0, 0.05) is 23.7 Å². The van der Waals surface area contributed by atoms with Crippen molar-refractivity contribution >= 4 is 5.97 Å². The standard InChI is InChI=1S/C20H20N2O3/c1-3-24-20(23)19-13(2)17-16(25-19)10-9-15-12-22(21-18(15)17)11-14-7-5-4-6-8-14/h4-8,12H,3,9-11H2,1-2H3/i11D2. The minimum atomic E-state index is -1.78. The molecule has 25 heavy (non-hydrogen) atoms. The zero-order valence-corrected chi connectivity index (χ0v) is 14.2. The van der Waals surface area contributed by atoms with Gasteiger partial charge >= 0.3 is 5.97 Å². The Morgan fingerprint density at radius 1 is 1.36 bits per heavy atom. The van der Waals surface area contributed by atoms with Crippen LogP contribution in [0.4, 0.5) is 0 Å². The van der Waals surface area contributed by atoms with Crippen molar-refractivity contribution in [2.45, 2.75) is 33.2 Å². The van der Waals surface area contributed by atoms with E-state index >= 15 is 0 Å². The SMILES string of the molecule is [2H]C([2H])(c1ccccc1)n1cc2c(n1)-c1c(oc(C(=O)OCC)c1C)CC2. The van der Waals surface area contributed by atoms with Gasteiger partial charge in [0.1, 0.15) is 5.76 Å². The molecule has 0 fully saturated rings. The highest BCUT2D eigenvalue weighted by atomic mass is 16.5. The van der Waals surface area contributed by atoms with Crippen LogP contribution in [0.25, 0.3) is 11.3 Å². The van der Waals surface area contributed by atoms with E-state index in [0.717, 1.165) is 11.1 Å². The second-order valence-electron chi connectivity index (χ2n) is 6.00. The van der Waals surface area contributed by atoms with Crippen LogP contribution in [0.2, 0.25) is 0 Å². The molecule has 0 unspecified atom stereocenters. The predicted molar refractivity (Wildman–Crippen MR) is 93.6 cm³/mol. The lowest BCUT2D eigenvalue weighted by atomic mass is 9.94. The molecule has 0 saturated heterocycles. The van der Waals surface area contributed by atoms with Gasteiger partial charge in [-0.3, -0.25) is 4.68 Å². The van der Waals surface area contributed by atoms with Crippen molar-refractivity contribution in [1.29, 1.82) is 0 Å². The second-order valence-corrected chi connectivity index (χ2v) is 6.00. The summed E-state index contributed by atoms with van der Waals surface area (Å²) >= 11 is 0. The van der Waals surface area contributed by atoms with E-state index in [9.17, 15) is 4.79 Å². The van der Waals surface area contributed by atoms with Gasteiger partial charge in [-0.25, -0.2) is 4.79 Å². The molecule has 0 N–H and O–H groups in total. The van der Waals surface area contributed by atoms with Crippen LogP contribution in [0.3, 0.4) is 0 Å². The first-order valence-electron chi connectivity index (χ1n) is 9.37. The summed E-state index contributed by atoms with van der Waals surface area (Å²) in [6.45, 7) is 2.07. The average molecular weight is 338 g/mol. The third kappa shape index (κ3) is 2.76. The van der Waals surface area contributed by atoms with Crippen molar-refractivity contribution in [2.75, 3.05) is 6.61 Å². The van der Waals surface area contributed by atoms with Gasteiger partial charge in [0.25, 0.3) is 0 Å². The van der Waals surface area contributed by atoms with Gasteiger partial charge in [0.05, 0.1) is 21.5 Å². The Bertz CT molecular complexity index is 1010. The highest BCUT2D eigenvalue weighted by Gasteiger charge is 2.30. The molecule has 1 aromatic carbocycles. The minimum absolute atomic E-state index is 0.204. The number of fused-ring (bicyclic) bond motifs is 3. The van der Waals surface area contributed by atoms with E-state index < -0.39 is 12.5 Å². The number of hydrogen-bond donors (Lipinski definition) is 0. The fourth-order valence-electron chi connectivity index (χ4n) is 3.20. The van der Waals surface area contributed by atoms with Gasteiger partial charge in [0.2, 0.25) is 5.76 Å². The molecular formula is C20H20N2O3. The lowest BCUT2D eigenvalue weighted by Crippen LogP contribution is -2.05. The lowest BCUT2D eigenvalue weighted by molar-refractivity contribution is 0.0487. The van der Waals surface area contributed by atoms with Crippen LogP contribution in [0.1, 0.15) is 42.7 Å². The Kier molecular flexibility index (Phi) is 3.36. The third-order valence-electron chi connectivity index (χ3n) is 4.35. The van der Waals surface area contributed by atoms with Crippen LogP contribution in [0.5, 0.6) is 0 Å². The number of carbonyl (C=O) groups is 1. The highest BCUT2D eigenvalue weighted by Crippen LogP contribution is 2.38. The maximum absolute atomic E-state index is 12.1. The van der Waals surface area contributed by atoms with E-state index in [0.29, 0.717) is 35.4 Å². The van der Waals surface area contributed by atoms with E-state index in [-0.39, 0.29) is 12.4 Å². The first-order valence-corrected chi connectivity index (χ1v) is 8.37. The number of rotatable bonds is 4. The minimum Gasteiger partial charge on any atom is -0.460 e. The van der Waals surface area contributed by atoms with Gasteiger partial charge in [0.15, 0.2) is 0 Å². The summed E-state index contributed by atoms with van der Waals surface area (Å²) in [6, 6.07) is 8.95. The van der Waals surface area contributed by atoms with Crippen LogP contribution in [0, 0.1) is 6.92 Å². The molecule has 1 aliphatic rings. The fourth-order valence-corrected chi connectivity index (χ4v) is 3.20. The molecule has 128 valence electrons. The number of aromatic nitrogens is 2. The molecule has 3 aromatic rings. The Labute approximate surface area is 149 Å². The van der Waals surface area contributed by atoms with Gasteiger partial charge in [-0.1, -0.05) is 30.3 Å². The second kappa shape index (κ2) is 6.24. The number of nitrogens with zero attached hydrogens (tertiary/aromatic N) is 2. The lowest BCUT2D eigenvalue weighted by Gasteiger charge is -2.09. The van der Waals surface area contributed by atoms with Crippen molar-refractivity contribution in [1.82, 2.24) is 9.78 Å². The Morgan fingerprint density at radius 2 is 2.16 bits per heavy atom. The van der Waals surface area contributed by atoms with E-state index in [1.807, 2.05) is 13.0 Å². The molecule has 0 saturated carbocycles. The normalized spacial score (nSPS) is 14.3. The first-order chi connectivity index (χ1) is 12.9. The molecule has 2 heterocycles. The number of esters is 1. The van der Waals surface area contributed by atoms with Crippen molar-refractivity contribution in [3.05, 3.63) is 64.7 Å². The maximum atomic E-state index is 12.1. The van der Waals surface area contributed by atoms with Crippen molar-refractivity contribution in [2.24, 2.45) is 0 Å². The van der Waals surface area contributed by atoms with Gasteiger partial charge in [-0.05, 0) is 31.4 Å². The summed E-state index contributed by atoms with van der Waals surface area (Å²) in [6.07, 6.45) is 3.08. The topological polar surface area (TPSA) is 57.3 Å². The fraction of sp³-hybridized carbons (Fsp3) is 0.300. The van der Waals surface area contributed by atoms with Gasteiger partial charge < -0.3 is 9.15 Å².